The van der Waals surface area contributed by atoms with Crippen LogP contribution in [0.1, 0.15) is 31.2 Å². The molecule has 0 spiro atoms. The van der Waals surface area contributed by atoms with E-state index < -0.39 is 11.4 Å². The largest absolute Gasteiger partial charge is 0.393 e. The molecule has 3 aromatic heterocycles. The molecule has 1 saturated carbocycles. The number of rotatable bonds is 4. The number of halogens is 2. The SMILES string of the molecule is OC1CCN(c2ccc(-c3cnn4ccc(N5CC[C@H]6CC65c5cc(F)ccc5F)nc34)nc2)CC1. The maximum atomic E-state index is 14.8. The maximum Gasteiger partial charge on any atom is 0.166 e. The highest BCUT2D eigenvalue weighted by Gasteiger charge is 2.64. The summed E-state index contributed by atoms with van der Waals surface area (Å²) in [7, 11) is 0. The topological polar surface area (TPSA) is 69.8 Å². The first-order valence-corrected chi connectivity index (χ1v) is 12.5. The van der Waals surface area contributed by atoms with Gasteiger partial charge in [0.05, 0.1) is 41.0 Å². The number of fused-ring (bicyclic) bond motifs is 2. The van der Waals surface area contributed by atoms with E-state index in [0.29, 0.717) is 17.1 Å². The number of benzene rings is 1. The summed E-state index contributed by atoms with van der Waals surface area (Å²) in [5.41, 5.74) is 3.17. The highest BCUT2D eigenvalue weighted by atomic mass is 19.1. The quantitative estimate of drug-likeness (QED) is 0.465. The molecule has 4 aromatic rings. The minimum absolute atomic E-state index is 0.217. The number of nitrogens with zero attached hydrogens (tertiary/aromatic N) is 6. The van der Waals surface area contributed by atoms with Crippen LogP contribution in [0.2, 0.25) is 0 Å². The number of aliphatic hydroxyl groups is 1. The van der Waals surface area contributed by atoms with E-state index in [-0.39, 0.29) is 11.9 Å². The van der Waals surface area contributed by atoms with Crippen molar-refractivity contribution in [2.75, 3.05) is 29.4 Å². The predicted octanol–water partition coefficient (Wildman–Crippen LogP) is 4.16. The van der Waals surface area contributed by atoms with E-state index in [2.05, 4.69) is 14.9 Å². The summed E-state index contributed by atoms with van der Waals surface area (Å²) >= 11 is 0. The second-order valence-electron chi connectivity index (χ2n) is 10.1. The molecule has 1 N–H and O–H groups in total. The molecule has 3 aliphatic rings. The zero-order valence-electron chi connectivity index (χ0n) is 19.7. The number of aromatic nitrogens is 4. The summed E-state index contributed by atoms with van der Waals surface area (Å²) in [5.74, 6) is 0.233. The third kappa shape index (κ3) is 3.29. The lowest BCUT2D eigenvalue weighted by Gasteiger charge is -2.31. The molecular formula is C27H26F2N6O. The molecular weight excluding hydrogens is 462 g/mol. The Labute approximate surface area is 207 Å². The first-order chi connectivity index (χ1) is 17.5. The van der Waals surface area contributed by atoms with Crippen LogP contribution in [-0.4, -0.2) is 50.4 Å². The molecule has 7 rings (SSSR count). The molecule has 0 bridgehead atoms. The summed E-state index contributed by atoms with van der Waals surface area (Å²) in [5, 5.41) is 14.2. The van der Waals surface area contributed by atoms with E-state index in [4.69, 9.17) is 9.97 Å². The highest BCUT2D eigenvalue weighted by Crippen LogP contribution is 2.63. The third-order valence-corrected chi connectivity index (χ3v) is 8.13. The summed E-state index contributed by atoms with van der Waals surface area (Å²) < 4.78 is 30.6. The van der Waals surface area contributed by atoms with Crippen molar-refractivity contribution in [1.82, 2.24) is 19.6 Å². The summed E-state index contributed by atoms with van der Waals surface area (Å²) in [6.45, 7) is 2.37. The molecule has 3 fully saturated rings. The molecule has 1 aromatic carbocycles. The lowest BCUT2D eigenvalue weighted by Crippen LogP contribution is -2.35. The smallest absolute Gasteiger partial charge is 0.166 e. The minimum atomic E-state index is -0.542. The van der Waals surface area contributed by atoms with Gasteiger partial charge in [-0.3, -0.25) is 4.98 Å². The molecule has 2 aliphatic heterocycles. The van der Waals surface area contributed by atoms with Gasteiger partial charge >= 0.3 is 0 Å². The van der Waals surface area contributed by atoms with Crippen LogP contribution in [0.5, 0.6) is 0 Å². The summed E-state index contributed by atoms with van der Waals surface area (Å²) in [6.07, 6.45) is 8.51. The predicted molar refractivity (Wildman–Crippen MR) is 132 cm³/mol. The van der Waals surface area contributed by atoms with Gasteiger partial charge in [-0.05, 0) is 68.0 Å². The van der Waals surface area contributed by atoms with Crippen LogP contribution in [0.25, 0.3) is 16.9 Å². The zero-order valence-corrected chi connectivity index (χ0v) is 19.7. The average molecular weight is 489 g/mol. The van der Waals surface area contributed by atoms with Crippen LogP contribution < -0.4 is 9.80 Å². The standard InChI is InChI=1S/C27H26F2N6O/c28-18-1-3-23(29)22(13-18)27-14-17(27)5-11-34(27)25-8-12-35-26(32-25)21(16-31-35)24-4-2-19(15-30-24)33-9-6-20(36)7-10-33/h1-4,8,12-13,15-17,20,36H,5-7,9-11,14H2/t17-,27?/m0/s1. The van der Waals surface area contributed by atoms with Crippen molar-refractivity contribution in [3.8, 4) is 11.3 Å². The number of hydrogen-bond acceptors (Lipinski definition) is 6. The van der Waals surface area contributed by atoms with Gasteiger partial charge in [0.15, 0.2) is 5.65 Å². The van der Waals surface area contributed by atoms with Crippen molar-refractivity contribution in [2.24, 2.45) is 5.92 Å². The second-order valence-corrected chi connectivity index (χ2v) is 10.1. The fourth-order valence-electron chi connectivity index (χ4n) is 6.14. The molecule has 7 nitrogen and oxygen atoms in total. The van der Waals surface area contributed by atoms with E-state index in [1.54, 1.807) is 10.7 Å². The highest BCUT2D eigenvalue weighted by molar-refractivity contribution is 5.76. The number of hydrogen-bond donors (Lipinski definition) is 1. The maximum absolute atomic E-state index is 14.8. The van der Waals surface area contributed by atoms with Gasteiger partial charge in [-0.2, -0.15) is 5.10 Å². The van der Waals surface area contributed by atoms with Gasteiger partial charge in [-0.25, -0.2) is 18.3 Å². The summed E-state index contributed by atoms with van der Waals surface area (Å²) in [4.78, 5) is 14.0. The molecule has 1 unspecified atom stereocenters. The van der Waals surface area contributed by atoms with Gasteiger partial charge in [-0.15, -0.1) is 0 Å². The van der Waals surface area contributed by atoms with Crippen molar-refractivity contribution in [3.05, 3.63) is 72.2 Å². The van der Waals surface area contributed by atoms with Crippen LogP contribution >= 0.6 is 0 Å². The Kier molecular flexibility index (Phi) is 4.79. The Bertz CT molecular complexity index is 1450. The van der Waals surface area contributed by atoms with Crippen LogP contribution in [-0.2, 0) is 5.54 Å². The average Bonchev–Trinajstić information content (AvgIpc) is 3.27. The zero-order chi connectivity index (χ0) is 24.4. The third-order valence-electron chi connectivity index (χ3n) is 8.13. The van der Waals surface area contributed by atoms with Crippen LogP contribution in [0.3, 0.4) is 0 Å². The van der Waals surface area contributed by atoms with Crippen molar-refractivity contribution in [1.29, 1.82) is 0 Å². The molecule has 36 heavy (non-hydrogen) atoms. The van der Waals surface area contributed by atoms with Crippen LogP contribution in [0.4, 0.5) is 20.3 Å². The van der Waals surface area contributed by atoms with Gasteiger partial charge in [0.25, 0.3) is 0 Å². The number of aliphatic hydroxyl groups excluding tert-OH is 1. The van der Waals surface area contributed by atoms with E-state index in [9.17, 15) is 13.9 Å². The molecule has 2 saturated heterocycles. The Morgan fingerprint density at radius 3 is 2.61 bits per heavy atom. The van der Waals surface area contributed by atoms with Crippen molar-refractivity contribution < 1.29 is 13.9 Å². The Morgan fingerprint density at radius 2 is 1.83 bits per heavy atom. The van der Waals surface area contributed by atoms with Crippen molar-refractivity contribution >= 4 is 17.2 Å². The van der Waals surface area contributed by atoms with Crippen molar-refractivity contribution in [2.45, 2.75) is 37.3 Å². The number of pyridine rings is 1. The molecule has 9 heteroatoms. The molecule has 2 atom stereocenters. The number of anilines is 2. The van der Waals surface area contributed by atoms with Gasteiger partial charge in [0.2, 0.25) is 0 Å². The lowest BCUT2D eigenvalue weighted by atomic mass is 10.0. The fraction of sp³-hybridized carbons (Fsp3) is 0.370. The molecule has 0 amide bonds. The Hall–Kier alpha value is -3.59. The first-order valence-electron chi connectivity index (χ1n) is 12.5. The van der Waals surface area contributed by atoms with Gasteiger partial charge in [-0.1, -0.05) is 0 Å². The van der Waals surface area contributed by atoms with Gasteiger partial charge in [0, 0.05) is 31.4 Å². The van der Waals surface area contributed by atoms with Gasteiger partial charge in [0.1, 0.15) is 17.5 Å². The molecule has 5 heterocycles. The lowest BCUT2D eigenvalue weighted by molar-refractivity contribution is 0.145. The first kappa shape index (κ1) is 21.7. The Balaban J connectivity index is 1.22. The van der Waals surface area contributed by atoms with E-state index in [1.165, 1.54) is 18.2 Å². The van der Waals surface area contributed by atoms with E-state index in [1.807, 2.05) is 30.6 Å². The van der Waals surface area contributed by atoms with Crippen LogP contribution in [0, 0.1) is 17.6 Å². The van der Waals surface area contributed by atoms with Crippen LogP contribution in [0.15, 0.2) is 55.0 Å². The molecule has 0 radical (unpaired) electrons. The van der Waals surface area contributed by atoms with E-state index in [0.717, 1.165) is 68.1 Å². The number of piperidine rings is 2. The normalized spacial score (nSPS) is 23.9. The second kappa shape index (κ2) is 7.96. The van der Waals surface area contributed by atoms with Gasteiger partial charge < -0.3 is 14.9 Å². The monoisotopic (exact) mass is 488 g/mol. The fourth-order valence-corrected chi connectivity index (χ4v) is 6.14. The minimum Gasteiger partial charge on any atom is -0.393 e. The molecule has 184 valence electrons. The van der Waals surface area contributed by atoms with Crippen molar-refractivity contribution in [3.63, 3.8) is 0 Å². The molecule has 1 aliphatic carbocycles. The Morgan fingerprint density at radius 1 is 0.972 bits per heavy atom. The summed E-state index contributed by atoms with van der Waals surface area (Å²) in [6, 6.07) is 9.64. The van der Waals surface area contributed by atoms with E-state index >= 15 is 0 Å².